The largest absolute Gasteiger partial charge is 0.478 e. The van der Waals surface area contributed by atoms with E-state index < -0.39 is 5.97 Å². The van der Waals surface area contributed by atoms with E-state index in [1.807, 2.05) is 12.2 Å². The average molecular weight is 292 g/mol. The summed E-state index contributed by atoms with van der Waals surface area (Å²) in [5.41, 5.74) is 0.190. The van der Waals surface area contributed by atoms with Crippen LogP contribution in [0.4, 0.5) is 0 Å². The van der Waals surface area contributed by atoms with Gasteiger partial charge in [-0.25, -0.2) is 4.79 Å². The number of aliphatic carboxylic acids is 1. The molecule has 0 heterocycles. The van der Waals surface area contributed by atoms with Gasteiger partial charge in [0, 0.05) is 5.57 Å². The Hall–Kier alpha value is -1.53. The van der Waals surface area contributed by atoms with Gasteiger partial charge in [0.25, 0.3) is 0 Å². The molecule has 118 valence electrons. The first-order valence-electron chi connectivity index (χ1n) is 7.42. The van der Waals surface area contributed by atoms with Gasteiger partial charge in [0.15, 0.2) is 0 Å². The Balaban J connectivity index is 3.94. The third kappa shape index (κ3) is 10.9. The molecule has 0 bridgehead atoms. The van der Waals surface area contributed by atoms with Crippen LogP contribution in [0, 0.1) is 18.3 Å². The second-order valence-corrected chi connectivity index (χ2v) is 6.07. The Labute approximate surface area is 129 Å². The quantitative estimate of drug-likeness (QED) is 0.373. The number of terminal acetylenes is 1. The van der Waals surface area contributed by atoms with Gasteiger partial charge in [0.05, 0.1) is 5.60 Å². The van der Waals surface area contributed by atoms with Crippen molar-refractivity contribution in [1.82, 2.24) is 0 Å². The number of hydrogen-bond acceptors (Lipinski definition) is 2. The van der Waals surface area contributed by atoms with Gasteiger partial charge in [-0.1, -0.05) is 43.9 Å². The Kier molecular flexibility index (Phi) is 9.49. The minimum Gasteiger partial charge on any atom is -0.478 e. The highest BCUT2D eigenvalue weighted by atomic mass is 16.5. The summed E-state index contributed by atoms with van der Waals surface area (Å²) in [5, 5.41) is 8.72. The van der Waals surface area contributed by atoms with Crippen LogP contribution in [-0.4, -0.2) is 23.3 Å². The van der Waals surface area contributed by atoms with Crippen LogP contribution in [0.5, 0.6) is 0 Å². The topological polar surface area (TPSA) is 46.5 Å². The van der Waals surface area contributed by atoms with E-state index >= 15 is 0 Å². The summed E-state index contributed by atoms with van der Waals surface area (Å²) in [5.74, 6) is 2.19. The predicted molar refractivity (Wildman–Crippen MR) is 87.0 cm³/mol. The van der Waals surface area contributed by atoms with Gasteiger partial charge in [-0.05, 0) is 39.5 Å². The van der Waals surface area contributed by atoms with Crippen LogP contribution in [-0.2, 0) is 9.53 Å². The Morgan fingerprint density at radius 2 is 2.14 bits per heavy atom. The maximum absolute atomic E-state index is 10.6. The highest BCUT2D eigenvalue weighted by Gasteiger charge is 2.17. The summed E-state index contributed by atoms with van der Waals surface area (Å²) in [4.78, 5) is 10.6. The SMILES string of the molecule is C#CCOC(C)(C)CCCC(C)C/C=C/C=C(\C)C(=O)O. The summed E-state index contributed by atoms with van der Waals surface area (Å²) >= 11 is 0. The van der Waals surface area contributed by atoms with Gasteiger partial charge in [-0.2, -0.15) is 0 Å². The van der Waals surface area contributed by atoms with Crippen molar-refractivity contribution in [1.29, 1.82) is 0 Å². The molecule has 0 aromatic rings. The Morgan fingerprint density at radius 1 is 1.48 bits per heavy atom. The molecule has 0 aliphatic heterocycles. The highest BCUT2D eigenvalue weighted by Crippen LogP contribution is 2.21. The minimum atomic E-state index is -0.873. The highest BCUT2D eigenvalue weighted by molar-refractivity contribution is 5.86. The Bertz CT molecular complexity index is 411. The number of rotatable bonds is 10. The molecule has 1 N–H and O–H groups in total. The lowest BCUT2D eigenvalue weighted by atomic mass is 9.95. The maximum Gasteiger partial charge on any atom is 0.331 e. The van der Waals surface area contributed by atoms with Crippen LogP contribution < -0.4 is 0 Å². The van der Waals surface area contributed by atoms with Crippen molar-refractivity contribution >= 4 is 5.97 Å². The van der Waals surface area contributed by atoms with Crippen LogP contribution in [0.25, 0.3) is 0 Å². The van der Waals surface area contributed by atoms with Crippen molar-refractivity contribution in [3.63, 3.8) is 0 Å². The van der Waals surface area contributed by atoms with E-state index in [1.54, 1.807) is 13.0 Å². The van der Waals surface area contributed by atoms with Gasteiger partial charge in [-0.3, -0.25) is 0 Å². The molecule has 0 amide bonds. The molecule has 3 heteroatoms. The fraction of sp³-hybridized carbons (Fsp3) is 0.611. The van der Waals surface area contributed by atoms with Crippen LogP contribution in [0.2, 0.25) is 0 Å². The van der Waals surface area contributed by atoms with Crippen molar-refractivity contribution in [2.24, 2.45) is 5.92 Å². The molecular weight excluding hydrogens is 264 g/mol. The maximum atomic E-state index is 10.6. The molecule has 0 radical (unpaired) electrons. The zero-order valence-electron chi connectivity index (χ0n) is 13.7. The van der Waals surface area contributed by atoms with Crippen LogP contribution in [0.1, 0.15) is 53.4 Å². The van der Waals surface area contributed by atoms with Gasteiger partial charge < -0.3 is 9.84 Å². The number of hydrogen-bond donors (Lipinski definition) is 1. The summed E-state index contributed by atoms with van der Waals surface area (Å²) in [7, 11) is 0. The molecule has 3 nitrogen and oxygen atoms in total. The lowest BCUT2D eigenvalue weighted by Crippen LogP contribution is -2.24. The fourth-order valence-electron chi connectivity index (χ4n) is 1.90. The molecule has 0 aromatic carbocycles. The normalized spacial score (nSPS) is 14.1. The van der Waals surface area contributed by atoms with E-state index in [4.69, 9.17) is 16.3 Å². The fourth-order valence-corrected chi connectivity index (χ4v) is 1.90. The average Bonchev–Trinajstić information content (AvgIpc) is 2.40. The molecule has 0 rings (SSSR count). The molecule has 21 heavy (non-hydrogen) atoms. The smallest absolute Gasteiger partial charge is 0.331 e. The first kappa shape index (κ1) is 19.5. The van der Waals surface area contributed by atoms with Crippen molar-refractivity contribution in [2.75, 3.05) is 6.61 Å². The van der Waals surface area contributed by atoms with Crippen LogP contribution in [0.3, 0.4) is 0 Å². The lowest BCUT2D eigenvalue weighted by molar-refractivity contribution is -0.132. The van der Waals surface area contributed by atoms with Crippen molar-refractivity contribution in [2.45, 2.75) is 59.0 Å². The number of carbonyl (C=O) groups is 1. The first-order chi connectivity index (χ1) is 9.78. The third-order valence-electron chi connectivity index (χ3n) is 3.38. The predicted octanol–water partition coefficient (Wildman–Crippen LogP) is 4.20. The van der Waals surface area contributed by atoms with Crippen LogP contribution >= 0.6 is 0 Å². The first-order valence-corrected chi connectivity index (χ1v) is 7.42. The molecule has 0 aliphatic rings. The van der Waals surface area contributed by atoms with Gasteiger partial charge in [0.1, 0.15) is 6.61 Å². The van der Waals surface area contributed by atoms with E-state index in [2.05, 4.69) is 26.7 Å². The summed E-state index contributed by atoms with van der Waals surface area (Å²) in [6.45, 7) is 8.28. The van der Waals surface area contributed by atoms with E-state index in [9.17, 15) is 4.79 Å². The second kappa shape index (κ2) is 10.2. The standard InChI is InChI=1S/C18H28O3/c1-6-14-21-18(4,5)13-9-11-15(2)10-7-8-12-16(3)17(19)20/h1,7-8,12,15H,9-11,13-14H2,2-5H3,(H,19,20)/b8-7+,16-12+. The zero-order chi connectivity index (χ0) is 16.3. The number of ether oxygens (including phenoxy) is 1. The number of carboxylic acid groups (broad SMARTS) is 1. The third-order valence-corrected chi connectivity index (χ3v) is 3.38. The van der Waals surface area contributed by atoms with Gasteiger partial charge in [-0.15, -0.1) is 6.42 Å². The number of allylic oxidation sites excluding steroid dienone is 3. The van der Waals surface area contributed by atoms with E-state index in [0.29, 0.717) is 18.1 Å². The molecule has 0 aromatic heterocycles. The molecule has 1 unspecified atom stereocenters. The molecule has 0 fully saturated rings. The van der Waals surface area contributed by atoms with E-state index in [0.717, 1.165) is 25.7 Å². The van der Waals surface area contributed by atoms with E-state index in [1.165, 1.54) is 0 Å². The molecule has 0 spiro atoms. The molecule has 0 aliphatic carbocycles. The monoisotopic (exact) mass is 292 g/mol. The van der Waals surface area contributed by atoms with Crippen molar-refractivity contribution < 1.29 is 14.6 Å². The van der Waals surface area contributed by atoms with Crippen molar-refractivity contribution in [3.8, 4) is 12.3 Å². The summed E-state index contributed by atoms with van der Waals surface area (Å²) < 4.78 is 5.59. The lowest BCUT2D eigenvalue weighted by Gasteiger charge is -2.24. The Morgan fingerprint density at radius 3 is 2.71 bits per heavy atom. The number of carboxylic acids is 1. The van der Waals surface area contributed by atoms with Gasteiger partial charge >= 0.3 is 5.97 Å². The van der Waals surface area contributed by atoms with Gasteiger partial charge in [0.2, 0.25) is 0 Å². The molecule has 0 saturated heterocycles. The molecular formula is C18H28O3. The second-order valence-electron chi connectivity index (χ2n) is 6.07. The molecule has 1 atom stereocenters. The zero-order valence-corrected chi connectivity index (χ0v) is 13.7. The minimum absolute atomic E-state index is 0.163. The molecule has 0 saturated carbocycles. The summed E-state index contributed by atoms with van der Waals surface area (Å²) in [6.07, 6.45) is 14.8. The van der Waals surface area contributed by atoms with Crippen LogP contribution in [0.15, 0.2) is 23.8 Å². The van der Waals surface area contributed by atoms with Crippen molar-refractivity contribution in [3.05, 3.63) is 23.8 Å². The van der Waals surface area contributed by atoms with E-state index in [-0.39, 0.29) is 5.60 Å². The summed E-state index contributed by atoms with van der Waals surface area (Å²) in [6, 6.07) is 0.